The minimum absolute atomic E-state index is 0.487. The zero-order valence-corrected chi connectivity index (χ0v) is 22.6. The molecule has 0 saturated heterocycles. The van der Waals surface area contributed by atoms with Crippen molar-refractivity contribution in [1.29, 1.82) is 0 Å². The largest absolute Gasteiger partial charge is 0.398 e. The number of nitrogens with zero attached hydrogens (tertiary/aromatic N) is 1. The van der Waals surface area contributed by atoms with E-state index in [1.54, 1.807) is 0 Å². The van der Waals surface area contributed by atoms with Crippen molar-refractivity contribution >= 4 is 55.1 Å². The van der Waals surface area contributed by atoms with E-state index in [1.807, 2.05) is 0 Å². The van der Waals surface area contributed by atoms with Gasteiger partial charge in [-0.15, -0.1) is 0 Å². The Morgan fingerprint density at radius 2 is 0.895 bits per heavy atom. The Morgan fingerprint density at radius 1 is 0.474 bits per heavy atom. The van der Waals surface area contributed by atoms with Crippen molar-refractivity contribution in [3.05, 3.63) is 120 Å². The lowest BCUT2D eigenvalue weighted by Crippen LogP contribution is -2.11. The number of benzene rings is 6. The average molecular weight is 495 g/mol. The lowest BCUT2D eigenvalue weighted by molar-refractivity contribution is 0.866. The fraction of sp³-hybridized carbons (Fsp3) is 0.167. The molecule has 6 aromatic rings. The van der Waals surface area contributed by atoms with E-state index in [9.17, 15) is 0 Å². The van der Waals surface area contributed by atoms with Gasteiger partial charge in [0.15, 0.2) is 0 Å². The second-order valence-corrected chi connectivity index (χ2v) is 10.9. The maximum atomic E-state index is 6.56. The van der Waals surface area contributed by atoms with Crippen molar-refractivity contribution in [1.82, 2.24) is 0 Å². The molecule has 2 heteroatoms. The first-order chi connectivity index (χ1) is 18.4. The maximum Gasteiger partial charge on any atom is 0.0546 e. The molecule has 188 valence electrons. The molecule has 0 spiro atoms. The van der Waals surface area contributed by atoms with Crippen LogP contribution in [0, 0.1) is 0 Å². The second kappa shape index (κ2) is 9.54. The minimum Gasteiger partial charge on any atom is -0.398 e. The summed E-state index contributed by atoms with van der Waals surface area (Å²) in [4.78, 5) is 2.40. The summed E-state index contributed by atoms with van der Waals surface area (Å²) in [7, 11) is 0. The molecule has 0 aromatic heterocycles. The summed E-state index contributed by atoms with van der Waals surface area (Å²) in [5.74, 6) is 0.974. The van der Waals surface area contributed by atoms with Crippen LogP contribution in [-0.4, -0.2) is 0 Å². The number of nitrogen functional groups attached to an aromatic ring is 1. The van der Waals surface area contributed by atoms with Crippen molar-refractivity contribution in [2.24, 2.45) is 0 Å². The Kier molecular flexibility index (Phi) is 6.04. The molecule has 0 aliphatic carbocycles. The number of hydrogen-bond acceptors (Lipinski definition) is 2. The molecule has 0 heterocycles. The van der Waals surface area contributed by atoms with Crippen molar-refractivity contribution < 1.29 is 0 Å². The minimum atomic E-state index is 0.487. The third kappa shape index (κ3) is 4.07. The lowest BCUT2D eigenvalue weighted by Gasteiger charge is -2.28. The zero-order chi connectivity index (χ0) is 26.4. The molecule has 0 fully saturated rings. The molecular formula is C36H34N2. The van der Waals surface area contributed by atoms with Gasteiger partial charge in [-0.3, -0.25) is 0 Å². The Labute approximate surface area is 225 Å². The van der Waals surface area contributed by atoms with Gasteiger partial charge in [0.1, 0.15) is 0 Å². The summed E-state index contributed by atoms with van der Waals surface area (Å²) in [5, 5.41) is 7.09. The first kappa shape index (κ1) is 24.1. The number of anilines is 4. The normalized spacial score (nSPS) is 11.7. The Hall–Kier alpha value is -4.30. The zero-order valence-electron chi connectivity index (χ0n) is 22.6. The van der Waals surface area contributed by atoms with Gasteiger partial charge in [0, 0.05) is 27.8 Å². The molecule has 0 bridgehead atoms. The molecule has 0 radical (unpaired) electrons. The molecule has 38 heavy (non-hydrogen) atoms. The van der Waals surface area contributed by atoms with Crippen LogP contribution < -0.4 is 10.6 Å². The van der Waals surface area contributed by atoms with Gasteiger partial charge < -0.3 is 10.6 Å². The van der Waals surface area contributed by atoms with Crippen LogP contribution in [0.4, 0.5) is 22.7 Å². The van der Waals surface area contributed by atoms with Gasteiger partial charge in [-0.05, 0) is 80.9 Å². The number of nitrogens with two attached hydrogens (primary N) is 1. The van der Waals surface area contributed by atoms with Crippen LogP contribution in [-0.2, 0) is 0 Å². The summed E-state index contributed by atoms with van der Waals surface area (Å²) in [5.41, 5.74) is 13.5. The number of fused-ring (bicyclic) bond motifs is 5. The maximum absolute atomic E-state index is 6.56. The van der Waals surface area contributed by atoms with Crippen molar-refractivity contribution in [3.63, 3.8) is 0 Å². The van der Waals surface area contributed by atoms with Crippen molar-refractivity contribution in [2.75, 3.05) is 10.6 Å². The van der Waals surface area contributed by atoms with Crippen LogP contribution in [0.2, 0.25) is 0 Å². The smallest absolute Gasteiger partial charge is 0.0546 e. The van der Waals surface area contributed by atoms with Crippen LogP contribution in [0.3, 0.4) is 0 Å². The molecule has 0 unspecified atom stereocenters. The highest BCUT2D eigenvalue weighted by Crippen LogP contribution is 2.44. The van der Waals surface area contributed by atoms with Gasteiger partial charge in [-0.2, -0.15) is 0 Å². The predicted octanol–water partition coefficient (Wildman–Crippen LogP) is 10.4. The Balaban J connectivity index is 1.68. The molecule has 2 nitrogen and oxygen atoms in total. The molecule has 2 N–H and O–H groups in total. The van der Waals surface area contributed by atoms with Crippen LogP contribution in [0.5, 0.6) is 0 Å². The molecule has 0 aliphatic rings. The molecular weight excluding hydrogens is 460 g/mol. The molecule has 0 amide bonds. The average Bonchev–Trinajstić information content (AvgIpc) is 2.94. The van der Waals surface area contributed by atoms with Gasteiger partial charge in [0.2, 0.25) is 0 Å². The molecule has 0 aliphatic heterocycles. The molecule has 6 aromatic carbocycles. The highest BCUT2D eigenvalue weighted by molar-refractivity contribution is 6.23. The van der Waals surface area contributed by atoms with Crippen LogP contribution in [0.15, 0.2) is 109 Å². The van der Waals surface area contributed by atoms with Gasteiger partial charge >= 0.3 is 0 Å². The van der Waals surface area contributed by atoms with Gasteiger partial charge in [-0.1, -0.05) is 100 Å². The highest BCUT2D eigenvalue weighted by atomic mass is 15.1. The fourth-order valence-electron chi connectivity index (χ4n) is 5.59. The number of hydrogen-bond donors (Lipinski definition) is 1. The lowest BCUT2D eigenvalue weighted by atomic mass is 9.94. The quantitative estimate of drug-likeness (QED) is 0.191. The topological polar surface area (TPSA) is 29.3 Å². The van der Waals surface area contributed by atoms with Crippen LogP contribution in [0.1, 0.15) is 50.7 Å². The van der Waals surface area contributed by atoms with E-state index in [0.717, 1.165) is 28.1 Å². The van der Waals surface area contributed by atoms with Crippen LogP contribution >= 0.6 is 0 Å². The predicted molar refractivity (Wildman–Crippen MR) is 166 cm³/mol. The van der Waals surface area contributed by atoms with E-state index in [4.69, 9.17) is 5.73 Å². The van der Waals surface area contributed by atoms with Crippen molar-refractivity contribution in [2.45, 2.75) is 39.5 Å². The van der Waals surface area contributed by atoms with E-state index in [2.05, 4.69) is 142 Å². The third-order valence-corrected chi connectivity index (χ3v) is 7.77. The summed E-state index contributed by atoms with van der Waals surface area (Å²) in [6.45, 7) is 8.96. The number of rotatable bonds is 5. The summed E-state index contributed by atoms with van der Waals surface area (Å²) >= 11 is 0. The van der Waals surface area contributed by atoms with Crippen molar-refractivity contribution in [3.8, 4) is 0 Å². The van der Waals surface area contributed by atoms with Gasteiger partial charge in [0.05, 0.1) is 5.69 Å². The molecule has 6 rings (SSSR count). The fourth-order valence-corrected chi connectivity index (χ4v) is 5.59. The third-order valence-electron chi connectivity index (χ3n) is 7.77. The summed E-state index contributed by atoms with van der Waals surface area (Å²) in [6, 6.07) is 39.7. The van der Waals surface area contributed by atoms with E-state index in [0.29, 0.717) is 11.8 Å². The Bertz CT molecular complexity index is 1710. The SMILES string of the molecule is CC(C)c1ccc(N(c2ccc(C(C)C)cc2)c2cc3c4ccccc4c(N)cc3c3ccccc23)cc1. The standard InChI is InChI=1S/C36H34N2/c1-23(2)25-13-17-27(18-14-25)38(28-19-15-26(16-20-28)24(3)4)36-22-34-29-9-5-7-11-31(29)35(37)21-33(34)30-10-6-8-12-32(30)36/h5-24H,37H2,1-4H3. The summed E-state index contributed by atoms with van der Waals surface area (Å²) < 4.78 is 0. The van der Waals surface area contributed by atoms with Gasteiger partial charge in [-0.25, -0.2) is 0 Å². The first-order valence-corrected chi connectivity index (χ1v) is 13.5. The molecule has 0 atom stereocenters. The summed E-state index contributed by atoms with van der Waals surface area (Å²) in [6.07, 6.45) is 0. The van der Waals surface area contributed by atoms with E-state index < -0.39 is 0 Å². The second-order valence-electron chi connectivity index (χ2n) is 10.9. The molecule has 0 saturated carbocycles. The van der Waals surface area contributed by atoms with E-state index in [-0.39, 0.29) is 0 Å². The van der Waals surface area contributed by atoms with E-state index >= 15 is 0 Å². The monoisotopic (exact) mass is 494 g/mol. The Morgan fingerprint density at radius 3 is 1.39 bits per heavy atom. The van der Waals surface area contributed by atoms with Gasteiger partial charge in [0.25, 0.3) is 0 Å². The first-order valence-electron chi connectivity index (χ1n) is 13.5. The highest BCUT2D eigenvalue weighted by Gasteiger charge is 2.19. The van der Waals surface area contributed by atoms with E-state index in [1.165, 1.54) is 38.1 Å². The van der Waals surface area contributed by atoms with Crippen LogP contribution in [0.25, 0.3) is 32.3 Å².